The van der Waals surface area contributed by atoms with Crippen molar-refractivity contribution in [2.45, 2.75) is 76.4 Å². The highest BCUT2D eigenvalue weighted by molar-refractivity contribution is 8.76. The van der Waals surface area contributed by atoms with Gasteiger partial charge in [0.15, 0.2) is 5.58 Å². The topological polar surface area (TPSA) is 26.0 Å². The average molecular weight is 352 g/mol. The van der Waals surface area contributed by atoms with Crippen LogP contribution >= 0.6 is 21.6 Å². The molecule has 0 N–H and O–H groups in total. The van der Waals surface area contributed by atoms with Gasteiger partial charge in [-0.2, -0.15) is 0 Å². The predicted octanol–water partition coefficient (Wildman–Crippen LogP) is 7.49. The highest BCUT2D eigenvalue weighted by atomic mass is 33.1. The minimum absolute atomic E-state index is 0.781. The largest absolute Gasteiger partial charge is 0.431 e. The number of nitrogens with zero attached hydrogens (tertiary/aromatic N) is 1. The van der Waals surface area contributed by atoms with Crippen LogP contribution in [0.5, 0.6) is 0 Å². The van der Waals surface area contributed by atoms with Crippen molar-refractivity contribution in [2.75, 3.05) is 5.75 Å². The van der Waals surface area contributed by atoms with Gasteiger partial charge in [-0.05, 0) is 18.6 Å². The minimum atomic E-state index is 0.781. The van der Waals surface area contributed by atoms with E-state index in [1.165, 1.54) is 70.0 Å². The van der Waals surface area contributed by atoms with Gasteiger partial charge < -0.3 is 4.42 Å². The Morgan fingerprint density at radius 1 is 0.870 bits per heavy atom. The Kier molecular flexibility index (Phi) is 9.65. The molecule has 0 radical (unpaired) electrons. The van der Waals surface area contributed by atoms with E-state index in [0.29, 0.717) is 0 Å². The predicted molar refractivity (Wildman–Crippen MR) is 104 cm³/mol. The normalized spacial score (nSPS) is 11.3. The van der Waals surface area contributed by atoms with Crippen LogP contribution in [-0.2, 0) is 0 Å². The van der Waals surface area contributed by atoms with Crippen molar-refractivity contribution in [3.05, 3.63) is 24.3 Å². The van der Waals surface area contributed by atoms with Crippen molar-refractivity contribution in [3.63, 3.8) is 0 Å². The fraction of sp³-hybridized carbons (Fsp3) is 0.632. The molecule has 0 amide bonds. The van der Waals surface area contributed by atoms with E-state index in [-0.39, 0.29) is 0 Å². The van der Waals surface area contributed by atoms with Gasteiger partial charge in [-0.15, -0.1) is 0 Å². The maximum atomic E-state index is 5.70. The maximum absolute atomic E-state index is 5.70. The summed E-state index contributed by atoms with van der Waals surface area (Å²) < 4.78 is 5.70. The summed E-state index contributed by atoms with van der Waals surface area (Å²) in [6.07, 6.45) is 13.9. The summed E-state index contributed by atoms with van der Waals surface area (Å²) in [4.78, 5) is 4.48. The van der Waals surface area contributed by atoms with Crippen molar-refractivity contribution >= 4 is 32.7 Å². The first-order valence-corrected chi connectivity index (χ1v) is 11.4. The summed E-state index contributed by atoms with van der Waals surface area (Å²) in [7, 11) is 3.52. The van der Waals surface area contributed by atoms with E-state index < -0.39 is 0 Å². The van der Waals surface area contributed by atoms with E-state index in [4.69, 9.17) is 4.42 Å². The third-order valence-electron chi connectivity index (χ3n) is 3.99. The molecule has 0 aliphatic rings. The Hall–Kier alpha value is -0.610. The van der Waals surface area contributed by atoms with E-state index in [0.717, 1.165) is 16.3 Å². The monoisotopic (exact) mass is 351 g/mol. The van der Waals surface area contributed by atoms with Crippen LogP contribution in [0.1, 0.15) is 71.1 Å². The fourth-order valence-corrected chi connectivity index (χ4v) is 4.51. The molecule has 2 aromatic rings. The molecule has 1 aromatic heterocycles. The summed E-state index contributed by atoms with van der Waals surface area (Å²) in [5, 5.41) is 0.781. The van der Waals surface area contributed by atoms with Gasteiger partial charge in [0, 0.05) is 16.5 Å². The van der Waals surface area contributed by atoms with Crippen molar-refractivity contribution in [2.24, 2.45) is 0 Å². The zero-order valence-corrected chi connectivity index (χ0v) is 15.9. The van der Waals surface area contributed by atoms with Crippen molar-refractivity contribution in [3.8, 4) is 0 Å². The zero-order chi connectivity index (χ0) is 16.2. The SMILES string of the molecule is CCCCCCCCCCCCSSc1nc2ccccc2o1. The molecule has 4 heteroatoms. The summed E-state index contributed by atoms with van der Waals surface area (Å²) in [5.74, 6) is 1.18. The third-order valence-corrected chi connectivity index (χ3v) is 6.16. The average Bonchev–Trinajstić information content (AvgIpc) is 2.98. The molecule has 0 unspecified atom stereocenters. The van der Waals surface area contributed by atoms with Crippen molar-refractivity contribution in [1.29, 1.82) is 0 Å². The molecule has 0 fully saturated rings. The number of benzene rings is 1. The molecular weight excluding hydrogens is 322 g/mol. The van der Waals surface area contributed by atoms with Gasteiger partial charge in [0.05, 0.1) is 0 Å². The minimum Gasteiger partial charge on any atom is -0.431 e. The van der Waals surface area contributed by atoms with Crippen LogP contribution in [-0.4, -0.2) is 10.7 Å². The van der Waals surface area contributed by atoms with Crippen LogP contribution in [0.25, 0.3) is 11.1 Å². The summed E-state index contributed by atoms with van der Waals surface area (Å²) >= 11 is 0. The van der Waals surface area contributed by atoms with Crippen molar-refractivity contribution in [1.82, 2.24) is 4.98 Å². The van der Waals surface area contributed by atoms with Crippen LogP contribution in [0, 0.1) is 0 Å². The van der Waals surface area contributed by atoms with Crippen LogP contribution in [0.3, 0.4) is 0 Å². The summed E-state index contributed by atoms with van der Waals surface area (Å²) in [5.41, 5.74) is 1.84. The number of rotatable bonds is 13. The molecular formula is C19H29NOS2. The number of fused-ring (bicyclic) bond motifs is 1. The molecule has 0 saturated heterocycles. The molecule has 1 aromatic carbocycles. The lowest BCUT2D eigenvalue weighted by molar-refractivity contribution is 0.491. The second-order valence-electron chi connectivity index (χ2n) is 6.03. The molecule has 23 heavy (non-hydrogen) atoms. The Balaban J connectivity index is 1.42. The Bertz CT molecular complexity index is 508. The van der Waals surface area contributed by atoms with Gasteiger partial charge in [-0.25, -0.2) is 4.98 Å². The van der Waals surface area contributed by atoms with Gasteiger partial charge in [0.25, 0.3) is 5.22 Å². The van der Waals surface area contributed by atoms with E-state index >= 15 is 0 Å². The molecule has 0 aliphatic heterocycles. The Morgan fingerprint density at radius 3 is 2.22 bits per heavy atom. The molecule has 0 spiro atoms. The molecule has 1 heterocycles. The van der Waals surface area contributed by atoms with E-state index in [2.05, 4.69) is 11.9 Å². The van der Waals surface area contributed by atoms with Gasteiger partial charge in [-0.1, -0.05) is 87.6 Å². The van der Waals surface area contributed by atoms with Crippen LogP contribution in [0.15, 0.2) is 33.9 Å². The first kappa shape index (κ1) is 18.7. The molecule has 0 atom stereocenters. The lowest BCUT2D eigenvalue weighted by atomic mass is 10.1. The lowest BCUT2D eigenvalue weighted by Gasteiger charge is -2.01. The van der Waals surface area contributed by atoms with E-state index in [9.17, 15) is 0 Å². The highest BCUT2D eigenvalue weighted by Gasteiger charge is 2.05. The number of unbranched alkanes of at least 4 members (excludes halogenated alkanes) is 9. The molecule has 2 rings (SSSR count). The summed E-state index contributed by atoms with van der Waals surface area (Å²) in [6.45, 7) is 2.28. The van der Waals surface area contributed by atoms with Gasteiger partial charge >= 0.3 is 0 Å². The maximum Gasteiger partial charge on any atom is 0.267 e. The number of para-hydroxylation sites is 2. The van der Waals surface area contributed by atoms with Crippen LogP contribution < -0.4 is 0 Å². The molecule has 2 nitrogen and oxygen atoms in total. The third kappa shape index (κ3) is 7.67. The second kappa shape index (κ2) is 11.9. The quantitative estimate of drug-likeness (QED) is 0.276. The first-order chi connectivity index (χ1) is 11.4. The number of hydrogen-bond donors (Lipinski definition) is 0. The van der Waals surface area contributed by atoms with E-state index in [1.807, 2.05) is 35.1 Å². The number of hydrogen-bond acceptors (Lipinski definition) is 4. The van der Waals surface area contributed by atoms with E-state index in [1.54, 1.807) is 10.8 Å². The smallest absolute Gasteiger partial charge is 0.267 e. The standard InChI is InChI=1S/C19H29NOS2/c1-2-3-4-5-6-7-8-9-10-13-16-22-23-19-20-17-14-11-12-15-18(17)21-19/h11-12,14-15H,2-10,13,16H2,1H3. The van der Waals surface area contributed by atoms with Crippen LogP contribution in [0.4, 0.5) is 0 Å². The fourth-order valence-electron chi connectivity index (χ4n) is 2.63. The second-order valence-corrected chi connectivity index (χ2v) is 8.40. The van der Waals surface area contributed by atoms with Crippen molar-refractivity contribution < 1.29 is 4.42 Å². The Morgan fingerprint density at radius 2 is 1.52 bits per heavy atom. The number of aromatic nitrogens is 1. The zero-order valence-electron chi connectivity index (χ0n) is 14.3. The van der Waals surface area contributed by atoms with Gasteiger partial charge in [0.1, 0.15) is 5.52 Å². The first-order valence-electron chi connectivity index (χ1n) is 9.05. The van der Waals surface area contributed by atoms with Crippen LogP contribution in [0.2, 0.25) is 0 Å². The lowest BCUT2D eigenvalue weighted by Crippen LogP contribution is -1.83. The summed E-state index contributed by atoms with van der Waals surface area (Å²) in [6, 6.07) is 7.95. The molecule has 0 aliphatic carbocycles. The number of oxazole rings is 1. The molecule has 0 saturated carbocycles. The van der Waals surface area contributed by atoms with Gasteiger partial charge in [0.2, 0.25) is 0 Å². The highest BCUT2D eigenvalue weighted by Crippen LogP contribution is 2.33. The molecule has 0 bridgehead atoms. The molecule has 128 valence electrons. The Labute approximate surface area is 148 Å². The van der Waals surface area contributed by atoms with Gasteiger partial charge in [-0.3, -0.25) is 0 Å².